The number of alkyl halides is 1. The normalized spacial score (nSPS) is 24.6. The topological polar surface area (TPSA) is 77.8 Å². The maximum absolute atomic E-state index is 11.8. The minimum Gasteiger partial charge on any atom is -0.481 e. The van der Waals surface area contributed by atoms with Crippen molar-refractivity contribution in [2.24, 2.45) is 23.2 Å². The molecule has 5 heteroatoms. The molecular weight excluding hydrogens is 580 g/mol. The maximum Gasteiger partial charge on any atom is 0.310 e. The lowest BCUT2D eigenvalue weighted by atomic mass is 9.63. The molecule has 1 unspecified atom stereocenters. The van der Waals surface area contributed by atoms with E-state index in [0.29, 0.717) is 25.7 Å². The molecule has 0 bridgehead atoms. The van der Waals surface area contributed by atoms with Crippen molar-refractivity contribution in [1.82, 2.24) is 0 Å². The Hall–Kier alpha value is -1.10. The Kier molecular flexibility index (Phi) is 21.5. The van der Waals surface area contributed by atoms with Crippen molar-refractivity contribution in [2.45, 2.75) is 186 Å². The summed E-state index contributed by atoms with van der Waals surface area (Å²) in [6.45, 7) is 4.44. The first-order chi connectivity index (χ1) is 21.8. The van der Waals surface area contributed by atoms with Crippen LogP contribution >= 0.6 is 11.6 Å². The SMILES string of the molecule is CCCCCCCCCCCCCCCC/C=C\C(CC/C=C\C[C@@H]1[C@@H](/C=C/C[C@H](O)C2(CC)CCC2)[C@H](O)C[C@H]1Cl)C(=O)O. The summed E-state index contributed by atoms with van der Waals surface area (Å²) < 4.78 is 0. The van der Waals surface area contributed by atoms with Crippen LogP contribution in [0.3, 0.4) is 0 Å². The second kappa shape index (κ2) is 24.1. The number of carboxylic acids is 1. The fraction of sp³-hybridized carbons (Fsp3) is 0.825. The molecule has 2 rings (SSSR count). The standard InChI is InChI=1S/C40H69ClO4/c1-3-5-6-7-8-9-10-11-12-13-14-15-16-17-18-20-25-33(39(44)45)26-21-19-22-27-34-35(37(42)32-36(34)41)28-23-29-38(43)40(4-2)30-24-31-40/h19-20,22-23,25,28,33-38,42-43H,3-18,21,24,26-27,29-32H2,1-2H3,(H,44,45)/b22-19-,25-20-,28-23+/t33?,34-,35-,36-,37-,38+/m1/s1. The lowest BCUT2D eigenvalue weighted by Gasteiger charge is -2.45. The molecule has 4 nitrogen and oxygen atoms in total. The first kappa shape index (κ1) is 40.1. The maximum atomic E-state index is 11.8. The Labute approximate surface area is 282 Å². The molecule has 0 saturated heterocycles. The van der Waals surface area contributed by atoms with E-state index in [2.05, 4.69) is 44.2 Å². The quantitative estimate of drug-likeness (QED) is 0.0470. The predicted molar refractivity (Wildman–Crippen MR) is 192 cm³/mol. The number of rotatable bonds is 27. The summed E-state index contributed by atoms with van der Waals surface area (Å²) in [4.78, 5) is 11.8. The van der Waals surface area contributed by atoms with E-state index in [-0.39, 0.29) is 28.7 Å². The Morgan fingerprint density at radius 2 is 1.44 bits per heavy atom. The molecule has 0 amide bonds. The van der Waals surface area contributed by atoms with Gasteiger partial charge in [0, 0.05) is 11.3 Å². The molecule has 0 aromatic heterocycles. The summed E-state index contributed by atoms with van der Waals surface area (Å²) in [6, 6.07) is 0. The van der Waals surface area contributed by atoms with Crippen LogP contribution < -0.4 is 0 Å². The highest BCUT2D eigenvalue weighted by atomic mass is 35.5. The molecule has 0 heterocycles. The number of aliphatic hydroxyl groups excluding tert-OH is 2. The van der Waals surface area contributed by atoms with Crippen LogP contribution in [0, 0.1) is 23.2 Å². The van der Waals surface area contributed by atoms with Gasteiger partial charge in [0.1, 0.15) is 0 Å². The highest BCUT2D eigenvalue weighted by Gasteiger charge is 2.42. The van der Waals surface area contributed by atoms with Crippen molar-refractivity contribution >= 4 is 17.6 Å². The Bertz CT molecular complexity index is 842. The van der Waals surface area contributed by atoms with E-state index in [4.69, 9.17) is 11.6 Å². The van der Waals surface area contributed by atoms with E-state index in [1.165, 1.54) is 89.9 Å². The van der Waals surface area contributed by atoms with Gasteiger partial charge in [-0.25, -0.2) is 0 Å². The largest absolute Gasteiger partial charge is 0.481 e. The van der Waals surface area contributed by atoms with Crippen molar-refractivity contribution in [2.75, 3.05) is 0 Å². The fourth-order valence-electron chi connectivity index (χ4n) is 7.50. The number of aliphatic carboxylic acids is 1. The molecule has 0 spiro atoms. The Morgan fingerprint density at radius 3 is 1.98 bits per heavy atom. The summed E-state index contributed by atoms with van der Waals surface area (Å²) in [5, 5.41) is 31.0. The summed E-state index contributed by atoms with van der Waals surface area (Å²) in [6.07, 6.45) is 39.1. The van der Waals surface area contributed by atoms with Gasteiger partial charge >= 0.3 is 5.97 Å². The zero-order valence-corrected chi connectivity index (χ0v) is 29.8. The molecular formula is C40H69ClO4. The van der Waals surface area contributed by atoms with Crippen molar-refractivity contribution < 1.29 is 20.1 Å². The average molecular weight is 649 g/mol. The average Bonchev–Trinajstić information content (AvgIpc) is 3.26. The van der Waals surface area contributed by atoms with Crippen molar-refractivity contribution in [3.8, 4) is 0 Å². The molecule has 2 saturated carbocycles. The van der Waals surface area contributed by atoms with Crippen LogP contribution in [0.25, 0.3) is 0 Å². The number of halogens is 1. The molecule has 0 aliphatic heterocycles. The molecule has 2 aliphatic rings. The summed E-state index contributed by atoms with van der Waals surface area (Å²) in [7, 11) is 0. The minimum absolute atomic E-state index is 0.00655. The van der Waals surface area contributed by atoms with E-state index >= 15 is 0 Å². The monoisotopic (exact) mass is 648 g/mol. The van der Waals surface area contributed by atoms with Crippen LogP contribution in [0.15, 0.2) is 36.5 Å². The van der Waals surface area contributed by atoms with Gasteiger partial charge in [-0.1, -0.05) is 140 Å². The second-order valence-corrected chi connectivity index (χ2v) is 14.9. The molecule has 0 radical (unpaired) electrons. The predicted octanol–water partition coefficient (Wildman–Crippen LogP) is 11.3. The zero-order valence-electron chi connectivity index (χ0n) is 29.0. The number of carboxylic acid groups (broad SMARTS) is 1. The van der Waals surface area contributed by atoms with Gasteiger partial charge < -0.3 is 15.3 Å². The van der Waals surface area contributed by atoms with Gasteiger partial charge in [-0.2, -0.15) is 0 Å². The highest BCUT2D eigenvalue weighted by molar-refractivity contribution is 6.21. The molecule has 260 valence electrons. The van der Waals surface area contributed by atoms with Gasteiger partial charge in [-0.05, 0) is 75.5 Å². The second-order valence-electron chi connectivity index (χ2n) is 14.4. The van der Waals surface area contributed by atoms with Crippen molar-refractivity contribution in [1.29, 1.82) is 0 Å². The third-order valence-electron chi connectivity index (χ3n) is 11.0. The number of allylic oxidation sites excluding steroid dienone is 3. The molecule has 0 aromatic carbocycles. The van der Waals surface area contributed by atoms with Gasteiger partial charge in [-0.3, -0.25) is 4.79 Å². The van der Waals surface area contributed by atoms with Gasteiger partial charge in [-0.15, -0.1) is 11.6 Å². The lowest BCUT2D eigenvalue weighted by molar-refractivity contribution is -0.140. The van der Waals surface area contributed by atoms with Crippen molar-refractivity contribution in [3.63, 3.8) is 0 Å². The lowest BCUT2D eigenvalue weighted by Crippen LogP contribution is -2.40. The molecule has 0 aromatic rings. The van der Waals surface area contributed by atoms with Crippen molar-refractivity contribution in [3.05, 3.63) is 36.5 Å². The van der Waals surface area contributed by atoms with E-state index in [1.54, 1.807) is 0 Å². The Morgan fingerprint density at radius 1 is 0.844 bits per heavy atom. The molecule has 3 N–H and O–H groups in total. The van der Waals surface area contributed by atoms with Crippen LogP contribution in [0.5, 0.6) is 0 Å². The van der Waals surface area contributed by atoms with Gasteiger partial charge in [0.2, 0.25) is 0 Å². The smallest absolute Gasteiger partial charge is 0.310 e. The number of hydrogen-bond donors (Lipinski definition) is 3. The third kappa shape index (κ3) is 15.6. The van der Waals surface area contributed by atoms with E-state index < -0.39 is 18.0 Å². The van der Waals surface area contributed by atoms with Crippen LogP contribution in [0.4, 0.5) is 0 Å². The van der Waals surface area contributed by atoms with Crippen LogP contribution in [-0.2, 0) is 4.79 Å². The molecule has 6 atom stereocenters. The number of hydrogen-bond acceptors (Lipinski definition) is 3. The summed E-state index contributed by atoms with van der Waals surface area (Å²) in [5.74, 6) is -1.05. The molecule has 2 fully saturated rings. The number of aliphatic hydroxyl groups is 2. The fourth-order valence-corrected chi connectivity index (χ4v) is 7.95. The molecule has 45 heavy (non-hydrogen) atoms. The van der Waals surface area contributed by atoms with Crippen LogP contribution in [0.1, 0.15) is 168 Å². The Balaban J connectivity index is 1.57. The first-order valence-corrected chi connectivity index (χ1v) is 19.5. The summed E-state index contributed by atoms with van der Waals surface area (Å²) in [5.41, 5.74) is 0.0880. The summed E-state index contributed by atoms with van der Waals surface area (Å²) >= 11 is 6.63. The minimum atomic E-state index is -0.750. The zero-order chi connectivity index (χ0) is 32.8. The number of carbonyl (C=O) groups is 1. The van der Waals surface area contributed by atoms with E-state index in [1.807, 2.05) is 6.08 Å². The van der Waals surface area contributed by atoms with Crippen LogP contribution in [0.2, 0.25) is 0 Å². The van der Waals surface area contributed by atoms with E-state index in [9.17, 15) is 20.1 Å². The van der Waals surface area contributed by atoms with Gasteiger partial charge in [0.15, 0.2) is 0 Å². The highest BCUT2D eigenvalue weighted by Crippen LogP contribution is 2.48. The number of unbranched alkanes of at least 4 members (excludes halogenated alkanes) is 14. The first-order valence-electron chi connectivity index (χ1n) is 19.1. The third-order valence-corrected chi connectivity index (χ3v) is 11.5. The van der Waals surface area contributed by atoms with Crippen LogP contribution in [-0.4, -0.2) is 38.9 Å². The van der Waals surface area contributed by atoms with E-state index in [0.717, 1.165) is 38.5 Å². The van der Waals surface area contributed by atoms with Gasteiger partial charge in [0.25, 0.3) is 0 Å². The molecule has 2 aliphatic carbocycles. The van der Waals surface area contributed by atoms with Gasteiger partial charge in [0.05, 0.1) is 18.1 Å².